The van der Waals surface area contributed by atoms with Crippen molar-refractivity contribution in [1.82, 2.24) is 14.7 Å². The number of carbonyl (C=O) groups excluding carboxylic acids is 2. The summed E-state index contributed by atoms with van der Waals surface area (Å²) in [6.45, 7) is 4.04. The average molecular weight is 474 g/mol. The van der Waals surface area contributed by atoms with Crippen molar-refractivity contribution in [3.63, 3.8) is 0 Å². The number of benzene rings is 2. The Morgan fingerprint density at radius 2 is 1.76 bits per heavy atom. The fraction of sp³-hybridized carbons (Fsp3) is 0.440. The third-order valence-corrected chi connectivity index (χ3v) is 6.65. The van der Waals surface area contributed by atoms with Crippen LogP contribution in [-0.4, -0.2) is 78.9 Å². The summed E-state index contributed by atoms with van der Waals surface area (Å²) in [4.78, 5) is 32.1. The van der Waals surface area contributed by atoms with Crippen LogP contribution in [0.4, 0.5) is 4.39 Å². The molecule has 0 radical (unpaired) electrons. The number of piperidine rings is 1. The standard InChI is InChI=1S/C25H29ClFN3O3/c1-28-11-13-29(14-12-28)24(31)16-19-17-30(25(32)18-3-2-4-20(26)15-18)10-9-23(19)33-22-7-5-21(27)6-8-22/h2-8,15,19,23H,9-14,16-17H2,1H3/t19-,23-/m0/s1. The Kier molecular flexibility index (Phi) is 7.50. The van der Waals surface area contributed by atoms with Gasteiger partial charge in [-0.05, 0) is 49.5 Å². The number of halogens is 2. The number of nitrogens with zero attached hydrogens (tertiary/aromatic N) is 3. The zero-order chi connectivity index (χ0) is 23.4. The van der Waals surface area contributed by atoms with E-state index in [1.165, 1.54) is 12.1 Å². The van der Waals surface area contributed by atoms with Crippen molar-refractivity contribution in [1.29, 1.82) is 0 Å². The summed E-state index contributed by atoms with van der Waals surface area (Å²) in [5, 5.41) is 0.511. The summed E-state index contributed by atoms with van der Waals surface area (Å²) in [6, 6.07) is 12.8. The molecular weight excluding hydrogens is 445 g/mol. The van der Waals surface area contributed by atoms with Crippen LogP contribution in [0.5, 0.6) is 5.75 Å². The molecule has 0 unspecified atom stereocenters. The molecule has 0 N–H and O–H groups in total. The van der Waals surface area contributed by atoms with Crippen LogP contribution in [0.15, 0.2) is 48.5 Å². The van der Waals surface area contributed by atoms with E-state index in [1.54, 1.807) is 41.3 Å². The van der Waals surface area contributed by atoms with Gasteiger partial charge in [0.1, 0.15) is 17.7 Å². The normalized spacial score (nSPS) is 21.7. The minimum Gasteiger partial charge on any atom is -0.490 e. The van der Waals surface area contributed by atoms with Gasteiger partial charge in [0.15, 0.2) is 0 Å². The van der Waals surface area contributed by atoms with Gasteiger partial charge in [-0.3, -0.25) is 9.59 Å². The van der Waals surface area contributed by atoms with Crippen molar-refractivity contribution < 1.29 is 18.7 Å². The summed E-state index contributed by atoms with van der Waals surface area (Å²) < 4.78 is 19.5. The fourth-order valence-corrected chi connectivity index (χ4v) is 4.64. The lowest BCUT2D eigenvalue weighted by molar-refractivity contribution is -0.135. The molecule has 176 valence electrons. The van der Waals surface area contributed by atoms with Gasteiger partial charge in [-0.15, -0.1) is 0 Å². The minimum absolute atomic E-state index is 0.0814. The Bertz CT molecular complexity index is 979. The number of hydrogen-bond acceptors (Lipinski definition) is 4. The molecule has 0 saturated carbocycles. The van der Waals surface area contributed by atoms with Gasteiger partial charge < -0.3 is 19.4 Å². The van der Waals surface area contributed by atoms with Gasteiger partial charge >= 0.3 is 0 Å². The first-order valence-electron chi connectivity index (χ1n) is 11.3. The number of carbonyl (C=O) groups is 2. The number of rotatable bonds is 5. The first kappa shape index (κ1) is 23.5. The van der Waals surface area contributed by atoms with E-state index in [0.29, 0.717) is 55.4 Å². The summed E-state index contributed by atoms with van der Waals surface area (Å²) in [7, 11) is 2.05. The second kappa shape index (κ2) is 10.5. The quantitative estimate of drug-likeness (QED) is 0.666. The Balaban J connectivity index is 1.48. The lowest BCUT2D eigenvalue weighted by Gasteiger charge is -2.40. The molecule has 6 nitrogen and oxygen atoms in total. The molecule has 2 heterocycles. The summed E-state index contributed by atoms with van der Waals surface area (Å²) in [5.74, 6) is 0.0471. The zero-order valence-corrected chi connectivity index (χ0v) is 19.5. The van der Waals surface area contributed by atoms with Crippen LogP contribution in [0.3, 0.4) is 0 Å². The van der Waals surface area contributed by atoms with Gasteiger partial charge in [-0.2, -0.15) is 0 Å². The number of likely N-dealkylation sites (N-methyl/N-ethyl adjacent to an activating group) is 1. The molecular formula is C25H29ClFN3O3. The van der Waals surface area contributed by atoms with E-state index in [0.717, 1.165) is 13.1 Å². The van der Waals surface area contributed by atoms with E-state index in [1.807, 2.05) is 4.90 Å². The smallest absolute Gasteiger partial charge is 0.253 e. The summed E-state index contributed by atoms with van der Waals surface area (Å²) in [5.41, 5.74) is 0.532. The van der Waals surface area contributed by atoms with Gasteiger partial charge in [0.05, 0.1) is 0 Å². The number of hydrogen-bond donors (Lipinski definition) is 0. The Morgan fingerprint density at radius 1 is 1.03 bits per heavy atom. The lowest BCUT2D eigenvalue weighted by atomic mass is 9.90. The van der Waals surface area contributed by atoms with E-state index in [9.17, 15) is 14.0 Å². The van der Waals surface area contributed by atoms with Crippen LogP contribution in [0.2, 0.25) is 5.02 Å². The molecule has 8 heteroatoms. The largest absolute Gasteiger partial charge is 0.490 e. The maximum atomic E-state index is 13.3. The van der Waals surface area contributed by atoms with E-state index >= 15 is 0 Å². The summed E-state index contributed by atoms with van der Waals surface area (Å²) >= 11 is 6.08. The molecule has 0 spiro atoms. The molecule has 0 bridgehead atoms. The first-order valence-corrected chi connectivity index (χ1v) is 11.7. The van der Waals surface area contributed by atoms with E-state index < -0.39 is 0 Å². The molecule has 4 rings (SSSR count). The second-order valence-corrected chi connectivity index (χ2v) is 9.25. The van der Waals surface area contributed by atoms with Gasteiger partial charge in [0.2, 0.25) is 5.91 Å². The predicted octanol–water partition coefficient (Wildman–Crippen LogP) is 3.55. The van der Waals surface area contributed by atoms with Gasteiger partial charge in [0, 0.05) is 68.6 Å². The summed E-state index contributed by atoms with van der Waals surface area (Å²) in [6.07, 6.45) is 0.648. The van der Waals surface area contributed by atoms with Gasteiger partial charge in [-0.1, -0.05) is 17.7 Å². The van der Waals surface area contributed by atoms with Gasteiger partial charge in [-0.25, -0.2) is 4.39 Å². The molecule has 0 aliphatic carbocycles. The van der Waals surface area contributed by atoms with Crippen molar-refractivity contribution >= 4 is 23.4 Å². The fourth-order valence-electron chi connectivity index (χ4n) is 4.45. The van der Waals surface area contributed by atoms with Crippen LogP contribution < -0.4 is 4.74 Å². The Morgan fingerprint density at radius 3 is 2.45 bits per heavy atom. The average Bonchev–Trinajstić information content (AvgIpc) is 2.81. The number of ether oxygens (including phenoxy) is 1. The highest BCUT2D eigenvalue weighted by atomic mass is 35.5. The zero-order valence-electron chi connectivity index (χ0n) is 18.8. The van der Waals surface area contributed by atoms with Crippen LogP contribution in [0.25, 0.3) is 0 Å². The van der Waals surface area contributed by atoms with Crippen LogP contribution in [-0.2, 0) is 4.79 Å². The number of piperazine rings is 1. The highest BCUT2D eigenvalue weighted by Crippen LogP contribution is 2.28. The monoisotopic (exact) mass is 473 g/mol. The van der Waals surface area contributed by atoms with Crippen molar-refractivity contribution in [3.05, 3.63) is 64.9 Å². The van der Waals surface area contributed by atoms with E-state index in [-0.39, 0.29) is 29.7 Å². The topological polar surface area (TPSA) is 53.1 Å². The molecule has 2 saturated heterocycles. The molecule has 2 fully saturated rings. The Hall–Kier alpha value is -2.64. The van der Waals surface area contributed by atoms with Crippen molar-refractivity contribution in [3.8, 4) is 5.75 Å². The van der Waals surface area contributed by atoms with E-state index in [2.05, 4.69) is 11.9 Å². The van der Waals surface area contributed by atoms with Crippen LogP contribution in [0, 0.1) is 11.7 Å². The van der Waals surface area contributed by atoms with Crippen molar-refractivity contribution in [2.24, 2.45) is 5.92 Å². The van der Waals surface area contributed by atoms with Crippen LogP contribution in [0.1, 0.15) is 23.2 Å². The predicted molar refractivity (Wildman–Crippen MR) is 125 cm³/mol. The van der Waals surface area contributed by atoms with Crippen LogP contribution >= 0.6 is 11.6 Å². The lowest BCUT2D eigenvalue weighted by Crippen LogP contribution is -2.51. The molecule has 2 atom stereocenters. The third-order valence-electron chi connectivity index (χ3n) is 6.42. The molecule has 0 aromatic heterocycles. The Labute approximate surface area is 198 Å². The second-order valence-electron chi connectivity index (χ2n) is 8.81. The molecule has 2 aliphatic rings. The first-order chi connectivity index (χ1) is 15.9. The van der Waals surface area contributed by atoms with Crippen molar-refractivity contribution in [2.45, 2.75) is 18.9 Å². The molecule has 33 heavy (non-hydrogen) atoms. The van der Waals surface area contributed by atoms with Gasteiger partial charge in [0.25, 0.3) is 5.91 Å². The maximum Gasteiger partial charge on any atom is 0.253 e. The van der Waals surface area contributed by atoms with Crippen molar-refractivity contribution in [2.75, 3.05) is 46.3 Å². The SMILES string of the molecule is CN1CCN(C(=O)C[C@H]2CN(C(=O)c3cccc(Cl)c3)CC[C@@H]2Oc2ccc(F)cc2)CC1. The molecule has 2 amide bonds. The number of amides is 2. The molecule has 2 aliphatic heterocycles. The highest BCUT2D eigenvalue weighted by Gasteiger charge is 2.36. The van der Waals surface area contributed by atoms with E-state index in [4.69, 9.17) is 16.3 Å². The highest BCUT2D eigenvalue weighted by molar-refractivity contribution is 6.30. The molecule has 2 aromatic rings. The maximum absolute atomic E-state index is 13.3. The molecule has 2 aromatic carbocycles. The third kappa shape index (κ3) is 6.03. The number of likely N-dealkylation sites (tertiary alicyclic amines) is 1. The minimum atomic E-state index is -0.328.